The third kappa shape index (κ3) is 6.14. The van der Waals surface area contributed by atoms with Gasteiger partial charge >= 0.3 is 6.03 Å². The Balaban J connectivity index is 1.44. The maximum atomic E-state index is 12.2. The zero-order valence-electron chi connectivity index (χ0n) is 18.5. The van der Waals surface area contributed by atoms with Crippen molar-refractivity contribution in [2.45, 2.75) is 31.7 Å². The Bertz CT molecular complexity index is 1170. The molecule has 0 aliphatic heterocycles. The molecule has 3 aromatic rings. The normalized spacial score (nSPS) is 13.0. The Morgan fingerprint density at radius 3 is 2.62 bits per heavy atom. The summed E-state index contributed by atoms with van der Waals surface area (Å²) in [7, 11) is 0. The van der Waals surface area contributed by atoms with Gasteiger partial charge < -0.3 is 27.0 Å². The third-order valence-corrected chi connectivity index (χ3v) is 5.84. The van der Waals surface area contributed by atoms with Gasteiger partial charge in [-0.25, -0.2) is 9.78 Å². The Morgan fingerprint density at radius 2 is 1.91 bits per heavy atom. The molecule has 1 aliphatic rings. The summed E-state index contributed by atoms with van der Waals surface area (Å²) < 4.78 is 0. The van der Waals surface area contributed by atoms with Crippen molar-refractivity contribution in [2.75, 3.05) is 22.5 Å². The zero-order chi connectivity index (χ0) is 23.9. The van der Waals surface area contributed by atoms with Crippen molar-refractivity contribution in [2.24, 2.45) is 5.73 Å². The molecule has 1 saturated carbocycles. The third-order valence-electron chi connectivity index (χ3n) is 5.51. The summed E-state index contributed by atoms with van der Waals surface area (Å²) in [5.74, 6) is -0.0169. The Hall–Kier alpha value is -3.85. The van der Waals surface area contributed by atoms with Crippen molar-refractivity contribution in [3.63, 3.8) is 0 Å². The smallest absolute Gasteiger partial charge is 0.319 e. The van der Waals surface area contributed by atoms with Gasteiger partial charge in [0.1, 0.15) is 5.82 Å². The first kappa shape index (κ1) is 23.3. The number of hydrogen-bond acceptors (Lipinski definition) is 6. The summed E-state index contributed by atoms with van der Waals surface area (Å²) in [6, 6.07) is 15.0. The molecule has 176 valence electrons. The number of nitrogens with zero attached hydrogens (tertiary/aromatic N) is 2. The summed E-state index contributed by atoms with van der Waals surface area (Å²) in [4.78, 5) is 32.7. The van der Waals surface area contributed by atoms with Gasteiger partial charge in [0.25, 0.3) is 5.91 Å². The first-order valence-electron chi connectivity index (χ1n) is 11.1. The molecule has 9 nitrogen and oxygen atoms in total. The number of primary amides is 1. The second-order valence-corrected chi connectivity index (χ2v) is 8.44. The number of urea groups is 1. The van der Waals surface area contributed by atoms with Gasteiger partial charge in [0, 0.05) is 24.5 Å². The van der Waals surface area contributed by atoms with E-state index in [2.05, 4.69) is 31.2 Å². The van der Waals surface area contributed by atoms with Crippen LogP contribution in [-0.4, -0.2) is 34.5 Å². The minimum Gasteiger partial charge on any atom is -0.369 e. The molecule has 0 spiro atoms. The van der Waals surface area contributed by atoms with E-state index in [0.29, 0.717) is 28.8 Å². The van der Waals surface area contributed by atoms with Crippen LogP contribution in [0, 0.1) is 0 Å². The van der Waals surface area contributed by atoms with E-state index in [9.17, 15) is 9.59 Å². The average molecular weight is 480 g/mol. The average Bonchev–Trinajstić information content (AvgIpc) is 2.79. The lowest BCUT2D eigenvalue weighted by Gasteiger charge is -2.26. The summed E-state index contributed by atoms with van der Waals surface area (Å²) in [5, 5.41) is 12.3. The van der Waals surface area contributed by atoms with Crippen molar-refractivity contribution >= 4 is 46.7 Å². The number of anilines is 4. The number of aromatic nitrogens is 2. The van der Waals surface area contributed by atoms with Crippen molar-refractivity contribution in [3.05, 3.63) is 70.9 Å². The van der Waals surface area contributed by atoms with Crippen molar-refractivity contribution in [1.29, 1.82) is 0 Å². The number of rotatable bonds is 9. The van der Waals surface area contributed by atoms with Gasteiger partial charge in [-0.05, 0) is 49.4 Å². The van der Waals surface area contributed by atoms with Gasteiger partial charge in [-0.15, -0.1) is 0 Å². The molecule has 2 aromatic carbocycles. The van der Waals surface area contributed by atoms with Gasteiger partial charge in [0.05, 0.1) is 16.3 Å². The van der Waals surface area contributed by atoms with Crippen molar-refractivity contribution in [3.8, 4) is 0 Å². The maximum Gasteiger partial charge on any atom is 0.319 e. The first-order chi connectivity index (χ1) is 16.5. The van der Waals surface area contributed by atoms with Gasteiger partial charge in [0.2, 0.25) is 5.95 Å². The standard InChI is InChI=1S/C24H26ClN7O2/c25-19-10-9-17(13-20(19)31-24(34)30-16-7-4-8-16)29-23-28-14-18(21(26)33)22(32-23)27-12-11-15-5-2-1-3-6-15/h1-3,5-6,9-10,13-14,16H,4,7-8,11-12H2,(H2,26,33)(H2,30,31,34)(H2,27,28,29,32). The SMILES string of the molecule is NC(=O)c1cnc(Nc2ccc(Cl)c(NC(=O)NC3CCC3)c2)nc1NCCc1ccccc1. The number of nitrogens with one attached hydrogen (secondary N) is 4. The monoisotopic (exact) mass is 479 g/mol. The molecule has 0 atom stereocenters. The lowest BCUT2D eigenvalue weighted by atomic mass is 9.93. The quantitative estimate of drug-likeness (QED) is 0.310. The lowest BCUT2D eigenvalue weighted by molar-refractivity contribution is 0.100. The van der Waals surface area contributed by atoms with Crippen LogP contribution < -0.4 is 27.0 Å². The molecule has 0 bridgehead atoms. The number of halogens is 1. The second-order valence-electron chi connectivity index (χ2n) is 8.03. The van der Waals surface area contributed by atoms with E-state index in [1.807, 2.05) is 30.3 Å². The minimum absolute atomic E-state index is 0.199. The van der Waals surface area contributed by atoms with Crippen molar-refractivity contribution in [1.82, 2.24) is 15.3 Å². The topological polar surface area (TPSA) is 134 Å². The summed E-state index contributed by atoms with van der Waals surface area (Å²) >= 11 is 6.25. The van der Waals surface area contributed by atoms with Gasteiger partial charge in [-0.1, -0.05) is 41.9 Å². The van der Waals surface area contributed by atoms with E-state index >= 15 is 0 Å². The van der Waals surface area contributed by atoms with E-state index in [1.165, 1.54) is 6.20 Å². The van der Waals surface area contributed by atoms with Gasteiger partial charge in [0.15, 0.2) is 0 Å². The summed E-state index contributed by atoms with van der Waals surface area (Å²) in [6.45, 7) is 0.561. The van der Waals surface area contributed by atoms with Crippen molar-refractivity contribution < 1.29 is 9.59 Å². The highest BCUT2D eigenvalue weighted by Crippen LogP contribution is 2.27. The molecule has 1 fully saturated rings. The Kier molecular flexibility index (Phi) is 7.44. The van der Waals surface area contributed by atoms with Gasteiger partial charge in [-0.3, -0.25) is 4.79 Å². The molecule has 0 radical (unpaired) electrons. The van der Waals surface area contributed by atoms with E-state index in [0.717, 1.165) is 31.2 Å². The van der Waals surface area contributed by atoms with Crippen LogP contribution >= 0.6 is 11.6 Å². The van der Waals surface area contributed by atoms with Crippen LogP contribution in [0.1, 0.15) is 35.2 Å². The molecule has 0 unspecified atom stereocenters. The predicted octanol–water partition coefficient (Wildman–Crippen LogP) is 4.30. The summed E-state index contributed by atoms with van der Waals surface area (Å²) in [6.07, 6.45) is 5.24. The van der Waals surface area contributed by atoms with E-state index in [4.69, 9.17) is 17.3 Å². The van der Waals surface area contributed by atoms with Crippen LogP contribution in [0.2, 0.25) is 5.02 Å². The molecule has 3 amide bonds. The van der Waals surface area contributed by atoms with Crippen LogP contribution in [0.25, 0.3) is 0 Å². The molecular formula is C24H26ClN7O2. The molecule has 1 heterocycles. The fourth-order valence-corrected chi connectivity index (χ4v) is 3.62. The number of carbonyl (C=O) groups is 2. The van der Waals surface area contributed by atoms with Crippen LogP contribution in [0.4, 0.5) is 27.9 Å². The second kappa shape index (κ2) is 10.8. The van der Waals surface area contributed by atoms with E-state index < -0.39 is 5.91 Å². The predicted molar refractivity (Wildman–Crippen MR) is 134 cm³/mol. The minimum atomic E-state index is -0.621. The number of amides is 3. The highest BCUT2D eigenvalue weighted by molar-refractivity contribution is 6.33. The lowest BCUT2D eigenvalue weighted by Crippen LogP contribution is -2.41. The van der Waals surface area contributed by atoms with Crippen LogP contribution in [0.3, 0.4) is 0 Å². The molecule has 6 N–H and O–H groups in total. The molecule has 1 aliphatic carbocycles. The number of benzene rings is 2. The highest BCUT2D eigenvalue weighted by Gasteiger charge is 2.20. The fourth-order valence-electron chi connectivity index (χ4n) is 3.45. The first-order valence-corrected chi connectivity index (χ1v) is 11.4. The van der Waals surface area contributed by atoms with Crippen LogP contribution in [-0.2, 0) is 6.42 Å². The Morgan fingerprint density at radius 1 is 1.12 bits per heavy atom. The molecule has 4 rings (SSSR count). The molecule has 0 saturated heterocycles. The Labute approximate surface area is 202 Å². The highest BCUT2D eigenvalue weighted by atomic mass is 35.5. The molecule has 34 heavy (non-hydrogen) atoms. The van der Waals surface area contributed by atoms with Crippen LogP contribution in [0.5, 0.6) is 0 Å². The van der Waals surface area contributed by atoms with Crippen LogP contribution in [0.15, 0.2) is 54.7 Å². The van der Waals surface area contributed by atoms with E-state index in [1.54, 1.807) is 18.2 Å². The molecule has 10 heteroatoms. The fraction of sp³-hybridized carbons (Fsp3) is 0.250. The number of carbonyl (C=O) groups excluding carboxylic acids is 2. The molecule has 1 aromatic heterocycles. The van der Waals surface area contributed by atoms with Gasteiger partial charge in [-0.2, -0.15) is 4.98 Å². The number of hydrogen-bond donors (Lipinski definition) is 5. The summed E-state index contributed by atoms with van der Waals surface area (Å²) in [5.41, 5.74) is 7.92. The number of nitrogens with two attached hydrogens (primary N) is 1. The largest absolute Gasteiger partial charge is 0.369 e. The van der Waals surface area contributed by atoms with E-state index in [-0.39, 0.29) is 23.6 Å². The maximum absolute atomic E-state index is 12.2. The molecular weight excluding hydrogens is 454 g/mol. The zero-order valence-corrected chi connectivity index (χ0v) is 19.2.